The summed E-state index contributed by atoms with van der Waals surface area (Å²) in [6, 6.07) is 6.53. The minimum Gasteiger partial charge on any atom is -0.357 e. The summed E-state index contributed by atoms with van der Waals surface area (Å²) in [5, 5.41) is 11.2. The highest BCUT2D eigenvalue weighted by Crippen LogP contribution is 2.17. The molecular weight excluding hydrogens is 453 g/mol. The highest BCUT2D eigenvalue weighted by atomic mass is 127. The van der Waals surface area contributed by atoms with Crippen molar-refractivity contribution in [2.24, 2.45) is 4.99 Å². The molecule has 2 aromatic heterocycles. The van der Waals surface area contributed by atoms with E-state index in [0.717, 1.165) is 50.8 Å². The van der Waals surface area contributed by atoms with Gasteiger partial charge in [-0.25, -0.2) is 4.98 Å². The van der Waals surface area contributed by atoms with Gasteiger partial charge in [-0.05, 0) is 44.4 Å². The summed E-state index contributed by atoms with van der Waals surface area (Å²) in [6.45, 7) is 8.54. The van der Waals surface area contributed by atoms with Crippen LogP contribution >= 0.6 is 24.0 Å². The predicted molar refractivity (Wildman–Crippen MR) is 121 cm³/mol. The minimum absolute atomic E-state index is 0. The van der Waals surface area contributed by atoms with Crippen molar-refractivity contribution in [2.75, 3.05) is 31.1 Å². The smallest absolute Gasteiger partial charge is 0.191 e. The average molecular weight is 483 g/mol. The second-order valence-electron chi connectivity index (χ2n) is 6.64. The average Bonchev–Trinajstić information content (AvgIpc) is 3.08. The molecule has 3 rings (SSSR count). The van der Waals surface area contributed by atoms with E-state index in [9.17, 15) is 0 Å². The third-order valence-corrected chi connectivity index (χ3v) is 4.51. The van der Waals surface area contributed by atoms with E-state index in [0.29, 0.717) is 12.6 Å². The molecule has 0 spiro atoms. The maximum absolute atomic E-state index is 4.70. The van der Waals surface area contributed by atoms with Crippen LogP contribution in [-0.4, -0.2) is 52.9 Å². The standard InChI is InChI=1S/C19H29N7.HI/c1-3-20-19(22-10-13-26-15-16(2)14-23-26)24-17-7-11-25(12-8-17)18-6-4-5-9-21-18;/h4-6,9,14-15,17H,3,7-8,10-13H2,1-2H3,(H2,20,22,24);1H. The van der Waals surface area contributed by atoms with E-state index in [-0.39, 0.29) is 24.0 Å². The maximum Gasteiger partial charge on any atom is 0.191 e. The molecule has 0 bridgehead atoms. The summed E-state index contributed by atoms with van der Waals surface area (Å²) >= 11 is 0. The second kappa shape index (κ2) is 11.1. The van der Waals surface area contributed by atoms with Crippen molar-refractivity contribution in [1.29, 1.82) is 0 Å². The number of hydrogen-bond donors (Lipinski definition) is 2. The summed E-state index contributed by atoms with van der Waals surface area (Å²) in [5.74, 6) is 1.97. The van der Waals surface area contributed by atoms with E-state index in [2.05, 4.69) is 45.5 Å². The van der Waals surface area contributed by atoms with Crippen LogP contribution in [0.5, 0.6) is 0 Å². The SMILES string of the molecule is CCNC(=NCCn1cc(C)cn1)NC1CCN(c2ccccn2)CC1.I. The van der Waals surface area contributed by atoms with Crippen LogP contribution in [0, 0.1) is 6.92 Å². The molecule has 2 N–H and O–H groups in total. The van der Waals surface area contributed by atoms with Crippen LogP contribution in [0.25, 0.3) is 0 Å². The van der Waals surface area contributed by atoms with Crippen molar-refractivity contribution in [3.63, 3.8) is 0 Å². The number of rotatable bonds is 6. The van der Waals surface area contributed by atoms with E-state index < -0.39 is 0 Å². The van der Waals surface area contributed by atoms with Gasteiger partial charge in [0.05, 0.1) is 19.3 Å². The lowest BCUT2D eigenvalue weighted by Crippen LogP contribution is -2.49. The molecule has 148 valence electrons. The normalized spacial score (nSPS) is 15.3. The Morgan fingerprint density at radius 1 is 1.30 bits per heavy atom. The van der Waals surface area contributed by atoms with Crippen LogP contribution in [0.1, 0.15) is 25.3 Å². The quantitative estimate of drug-likeness (QED) is 0.375. The van der Waals surface area contributed by atoms with Crippen LogP contribution in [0.2, 0.25) is 0 Å². The number of piperidine rings is 1. The lowest BCUT2D eigenvalue weighted by molar-refractivity contribution is 0.459. The number of hydrogen-bond acceptors (Lipinski definition) is 4. The molecule has 8 heteroatoms. The topological polar surface area (TPSA) is 70.4 Å². The molecule has 1 aliphatic heterocycles. The third kappa shape index (κ3) is 6.67. The highest BCUT2D eigenvalue weighted by molar-refractivity contribution is 14.0. The van der Waals surface area contributed by atoms with Crippen molar-refractivity contribution in [3.05, 3.63) is 42.4 Å². The van der Waals surface area contributed by atoms with Gasteiger partial charge in [0, 0.05) is 38.1 Å². The monoisotopic (exact) mass is 483 g/mol. The highest BCUT2D eigenvalue weighted by Gasteiger charge is 2.20. The van der Waals surface area contributed by atoms with Gasteiger partial charge in [0.25, 0.3) is 0 Å². The van der Waals surface area contributed by atoms with Crippen molar-refractivity contribution in [3.8, 4) is 0 Å². The van der Waals surface area contributed by atoms with E-state index in [1.165, 1.54) is 5.56 Å². The van der Waals surface area contributed by atoms with Crippen LogP contribution in [0.4, 0.5) is 5.82 Å². The molecular formula is C19H30IN7. The molecule has 2 aromatic rings. The number of aliphatic imine (C=N–C) groups is 1. The van der Waals surface area contributed by atoms with Crippen molar-refractivity contribution in [2.45, 2.75) is 39.3 Å². The van der Waals surface area contributed by atoms with Crippen molar-refractivity contribution in [1.82, 2.24) is 25.4 Å². The fourth-order valence-corrected chi connectivity index (χ4v) is 3.16. The lowest BCUT2D eigenvalue weighted by Gasteiger charge is -2.33. The number of nitrogens with zero attached hydrogens (tertiary/aromatic N) is 5. The Bertz CT molecular complexity index is 693. The van der Waals surface area contributed by atoms with Crippen LogP contribution in [0.15, 0.2) is 41.8 Å². The van der Waals surface area contributed by atoms with Gasteiger partial charge in [0.1, 0.15) is 5.82 Å². The third-order valence-electron chi connectivity index (χ3n) is 4.51. The molecule has 27 heavy (non-hydrogen) atoms. The fourth-order valence-electron chi connectivity index (χ4n) is 3.16. The number of nitrogens with one attached hydrogen (secondary N) is 2. The summed E-state index contributed by atoms with van der Waals surface area (Å²) in [4.78, 5) is 11.5. The molecule has 0 atom stereocenters. The van der Waals surface area contributed by atoms with Crippen LogP contribution in [0.3, 0.4) is 0 Å². The summed E-state index contributed by atoms with van der Waals surface area (Å²) in [6.07, 6.45) is 7.95. The maximum atomic E-state index is 4.70. The second-order valence-corrected chi connectivity index (χ2v) is 6.64. The molecule has 7 nitrogen and oxygen atoms in total. The van der Waals surface area contributed by atoms with Crippen molar-refractivity contribution < 1.29 is 0 Å². The zero-order chi connectivity index (χ0) is 18.2. The van der Waals surface area contributed by atoms with Crippen LogP contribution in [-0.2, 0) is 6.54 Å². The van der Waals surface area contributed by atoms with Crippen LogP contribution < -0.4 is 15.5 Å². The summed E-state index contributed by atoms with van der Waals surface area (Å²) in [5.41, 5.74) is 1.18. The first-order chi connectivity index (χ1) is 12.7. The molecule has 0 saturated carbocycles. The zero-order valence-corrected chi connectivity index (χ0v) is 18.5. The molecule has 0 aromatic carbocycles. The van der Waals surface area contributed by atoms with E-state index >= 15 is 0 Å². The molecule has 0 amide bonds. The first kappa shape index (κ1) is 21.5. The largest absolute Gasteiger partial charge is 0.357 e. The fraction of sp³-hybridized carbons (Fsp3) is 0.526. The molecule has 0 unspecified atom stereocenters. The Hall–Kier alpha value is -1.84. The Balaban J connectivity index is 0.00000261. The van der Waals surface area contributed by atoms with Gasteiger partial charge < -0.3 is 15.5 Å². The Labute approximate surface area is 178 Å². The van der Waals surface area contributed by atoms with Gasteiger partial charge in [-0.2, -0.15) is 5.10 Å². The summed E-state index contributed by atoms with van der Waals surface area (Å²) in [7, 11) is 0. The summed E-state index contributed by atoms with van der Waals surface area (Å²) < 4.78 is 1.94. The Morgan fingerprint density at radius 3 is 2.74 bits per heavy atom. The van der Waals surface area contributed by atoms with Gasteiger partial charge >= 0.3 is 0 Å². The Kier molecular flexibility index (Phi) is 8.83. The molecule has 1 fully saturated rings. The first-order valence-corrected chi connectivity index (χ1v) is 9.44. The van der Waals surface area contributed by atoms with Gasteiger partial charge in [-0.1, -0.05) is 6.07 Å². The number of aryl methyl sites for hydroxylation is 1. The van der Waals surface area contributed by atoms with Gasteiger partial charge in [-0.3, -0.25) is 9.67 Å². The number of pyridine rings is 1. The zero-order valence-electron chi connectivity index (χ0n) is 16.1. The molecule has 3 heterocycles. The number of anilines is 1. The molecule has 0 aliphatic carbocycles. The molecule has 1 aliphatic rings. The van der Waals surface area contributed by atoms with E-state index in [1.54, 1.807) is 0 Å². The van der Waals surface area contributed by atoms with E-state index in [1.807, 2.05) is 35.4 Å². The number of guanidine groups is 1. The first-order valence-electron chi connectivity index (χ1n) is 9.44. The number of aromatic nitrogens is 3. The molecule has 0 radical (unpaired) electrons. The van der Waals surface area contributed by atoms with Crippen molar-refractivity contribution >= 4 is 35.8 Å². The van der Waals surface area contributed by atoms with Gasteiger partial charge in [-0.15, -0.1) is 24.0 Å². The predicted octanol–water partition coefficient (Wildman–Crippen LogP) is 2.43. The lowest BCUT2D eigenvalue weighted by atomic mass is 10.1. The number of halogens is 1. The van der Waals surface area contributed by atoms with Gasteiger partial charge in [0.15, 0.2) is 5.96 Å². The molecule has 1 saturated heterocycles. The Morgan fingerprint density at radius 2 is 2.11 bits per heavy atom. The van der Waals surface area contributed by atoms with E-state index in [4.69, 9.17) is 4.99 Å². The minimum atomic E-state index is 0. The van der Waals surface area contributed by atoms with Gasteiger partial charge in [0.2, 0.25) is 0 Å².